The Morgan fingerprint density at radius 2 is 1.92 bits per heavy atom. The van der Waals surface area contributed by atoms with Gasteiger partial charge in [-0.2, -0.15) is 0 Å². The first-order chi connectivity index (χ1) is 11.5. The number of rotatable bonds is 3. The molecule has 1 saturated carbocycles. The molecule has 0 radical (unpaired) electrons. The molecule has 0 unspecified atom stereocenters. The summed E-state index contributed by atoms with van der Waals surface area (Å²) in [5.74, 6) is 1.50. The molecule has 1 N–H and O–H groups in total. The number of aromatic nitrogens is 2. The van der Waals surface area contributed by atoms with E-state index in [4.69, 9.17) is 0 Å². The van der Waals surface area contributed by atoms with Crippen LogP contribution >= 0.6 is 0 Å². The highest BCUT2D eigenvalue weighted by Crippen LogP contribution is 2.36. The molecule has 1 aromatic heterocycles. The summed E-state index contributed by atoms with van der Waals surface area (Å²) in [5.41, 5.74) is 1.05. The Balaban J connectivity index is 1.61. The highest BCUT2D eigenvalue weighted by atomic mass is 16.2. The number of hydrogen-bond acceptors (Lipinski definition) is 5. The Kier molecular flexibility index (Phi) is 4.97. The molecule has 0 spiro atoms. The molecular weight excluding hydrogens is 306 g/mol. The zero-order chi connectivity index (χ0) is 17.1. The molecule has 3 rings (SSSR count). The molecule has 2 heterocycles. The summed E-state index contributed by atoms with van der Waals surface area (Å²) >= 11 is 0. The lowest BCUT2D eigenvalue weighted by molar-refractivity contribution is -0.128. The maximum Gasteiger partial charge on any atom is 0.219 e. The number of anilines is 1. The molecule has 2 fully saturated rings. The number of carbonyl (C=O) groups excluding carboxylic acids is 2. The first-order valence-electron chi connectivity index (χ1n) is 8.62. The Morgan fingerprint density at radius 1 is 1.12 bits per heavy atom. The van der Waals surface area contributed by atoms with Crippen LogP contribution in [0.25, 0.3) is 0 Å². The lowest BCUT2D eigenvalue weighted by Gasteiger charge is -2.35. The molecule has 24 heavy (non-hydrogen) atoms. The Hall–Kier alpha value is -2.18. The normalized spacial score (nSPS) is 24.1. The van der Waals surface area contributed by atoms with Gasteiger partial charge in [-0.1, -0.05) is 0 Å². The van der Waals surface area contributed by atoms with Crippen LogP contribution in [-0.2, 0) is 9.59 Å². The van der Waals surface area contributed by atoms with Gasteiger partial charge in [-0.05, 0) is 19.3 Å². The maximum atomic E-state index is 11.5. The number of amides is 2. The fourth-order valence-corrected chi connectivity index (χ4v) is 3.48. The second-order valence-electron chi connectivity index (χ2n) is 6.71. The number of hydrogen-bond donors (Lipinski definition) is 1. The first-order valence-corrected chi connectivity index (χ1v) is 8.62. The van der Waals surface area contributed by atoms with Crippen LogP contribution in [0.1, 0.15) is 44.7 Å². The smallest absolute Gasteiger partial charge is 0.219 e. The number of carbonyl (C=O) groups is 2. The van der Waals surface area contributed by atoms with Gasteiger partial charge in [-0.15, -0.1) is 0 Å². The molecule has 130 valence electrons. The van der Waals surface area contributed by atoms with Gasteiger partial charge in [0.15, 0.2) is 0 Å². The van der Waals surface area contributed by atoms with Crippen molar-refractivity contribution in [1.82, 2.24) is 20.2 Å². The molecule has 7 nitrogen and oxygen atoms in total. The van der Waals surface area contributed by atoms with Crippen molar-refractivity contribution in [2.45, 2.75) is 45.1 Å². The number of nitrogens with one attached hydrogen (secondary N) is 1. The van der Waals surface area contributed by atoms with E-state index in [0.717, 1.165) is 57.0 Å². The molecule has 0 bridgehead atoms. The van der Waals surface area contributed by atoms with E-state index in [9.17, 15) is 9.59 Å². The van der Waals surface area contributed by atoms with Crippen molar-refractivity contribution in [3.05, 3.63) is 18.1 Å². The van der Waals surface area contributed by atoms with E-state index >= 15 is 0 Å². The van der Waals surface area contributed by atoms with Gasteiger partial charge in [0.05, 0.1) is 0 Å². The second kappa shape index (κ2) is 7.15. The average molecular weight is 331 g/mol. The van der Waals surface area contributed by atoms with Gasteiger partial charge in [0.25, 0.3) is 0 Å². The Labute approximate surface area is 142 Å². The van der Waals surface area contributed by atoms with Crippen LogP contribution in [0.3, 0.4) is 0 Å². The summed E-state index contributed by atoms with van der Waals surface area (Å²) in [6, 6.07) is 2.34. The van der Waals surface area contributed by atoms with Crippen molar-refractivity contribution in [1.29, 1.82) is 0 Å². The van der Waals surface area contributed by atoms with E-state index in [1.54, 1.807) is 20.2 Å². The molecule has 7 heteroatoms. The highest BCUT2D eigenvalue weighted by Gasteiger charge is 2.32. The van der Waals surface area contributed by atoms with E-state index in [2.05, 4.69) is 26.3 Å². The highest BCUT2D eigenvalue weighted by molar-refractivity contribution is 5.73. The standard InChI is InChI=1S/C17H25N5O2/c1-12(23)20-15-8-14(9-15)16-10-17(19-11-18-16)22-5-3-4-21(6-7-22)13(2)24/h10-11,14-15H,3-9H2,1-2H3,(H,20,23). The van der Waals surface area contributed by atoms with Crippen LogP contribution in [0.4, 0.5) is 5.82 Å². The van der Waals surface area contributed by atoms with Crippen LogP contribution in [0, 0.1) is 0 Å². The SMILES string of the molecule is CC(=O)NC1CC(c2cc(N3CCCN(C(C)=O)CC3)ncn2)C1. The second-order valence-corrected chi connectivity index (χ2v) is 6.71. The predicted molar refractivity (Wildman–Crippen MR) is 90.7 cm³/mol. The van der Waals surface area contributed by atoms with Crippen molar-refractivity contribution >= 4 is 17.6 Å². The predicted octanol–water partition coefficient (Wildman–Crippen LogP) is 0.917. The molecule has 0 atom stereocenters. The first kappa shape index (κ1) is 16.7. The summed E-state index contributed by atoms with van der Waals surface area (Å²) in [4.78, 5) is 35.6. The van der Waals surface area contributed by atoms with Gasteiger partial charge in [-0.3, -0.25) is 9.59 Å². The van der Waals surface area contributed by atoms with Crippen molar-refractivity contribution in [2.24, 2.45) is 0 Å². The third kappa shape index (κ3) is 3.83. The van der Waals surface area contributed by atoms with Gasteiger partial charge < -0.3 is 15.1 Å². The van der Waals surface area contributed by atoms with E-state index in [0.29, 0.717) is 5.92 Å². The average Bonchev–Trinajstić information content (AvgIpc) is 2.76. The zero-order valence-electron chi connectivity index (χ0n) is 14.4. The summed E-state index contributed by atoms with van der Waals surface area (Å²) < 4.78 is 0. The van der Waals surface area contributed by atoms with Gasteiger partial charge >= 0.3 is 0 Å². The van der Waals surface area contributed by atoms with E-state index in [1.807, 2.05) is 4.90 Å². The van der Waals surface area contributed by atoms with E-state index in [1.165, 1.54) is 0 Å². The van der Waals surface area contributed by atoms with Crippen LogP contribution < -0.4 is 10.2 Å². The summed E-state index contributed by atoms with van der Waals surface area (Å²) in [5, 5.41) is 2.95. The quantitative estimate of drug-likeness (QED) is 0.891. The minimum absolute atomic E-state index is 0.0291. The lowest BCUT2D eigenvalue weighted by Crippen LogP contribution is -2.42. The van der Waals surface area contributed by atoms with Crippen molar-refractivity contribution < 1.29 is 9.59 Å². The molecule has 2 aliphatic rings. The monoisotopic (exact) mass is 331 g/mol. The largest absolute Gasteiger partial charge is 0.355 e. The molecule has 1 aliphatic carbocycles. The van der Waals surface area contributed by atoms with Crippen LogP contribution in [0.2, 0.25) is 0 Å². The Morgan fingerprint density at radius 3 is 2.62 bits per heavy atom. The van der Waals surface area contributed by atoms with Crippen LogP contribution in [0.15, 0.2) is 12.4 Å². The zero-order valence-corrected chi connectivity index (χ0v) is 14.4. The third-order valence-electron chi connectivity index (χ3n) is 4.90. The molecule has 1 aliphatic heterocycles. The van der Waals surface area contributed by atoms with Gasteiger partial charge in [0.1, 0.15) is 12.1 Å². The van der Waals surface area contributed by atoms with Crippen LogP contribution in [0.5, 0.6) is 0 Å². The van der Waals surface area contributed by atoms with E-state index in [-0.39, 0.29) is 17.9 Å². The number of nitrogens with zero attached hydrogens (tertiary/aromatic N) is 4. The summed E-state index contributed by atoms with van der Waals surface area (Å²) in [7, 11) is 0. The maximum absolute atomic E-state index is 11.5. The van der Waals surface area contributed by atoms with Crippen molar-refractivity contribution in [2.75, 3.05) is 31.1 Å². The van der Waals surface area contributed by atoms with E-state index < -0.39 is 0 Å². The minimum atomic E-state index is 0.0291. The third-order valence-corrected chi connectivity index (χ3v) is 4.90. The molecule has 0 aromatic carbocycles. The fourth-order valence-electron chi connectivity index (χ4n) is 3.48. The van der Waals surface area contributed by atoms with Crippen molar-refractivity contribution in [3.8, 4) is 0 Å². The van der Waals surface area contributed by atoms with Crippen molar-refractivity contribution in [3.63, 3.8) is 0 Å². The summed E-state index contributed by atoms with van der Waals surface area (Å²) in [6.07, 6.45) is 4.46. The lowest BCUT2D eigenvalue weighted by atomic mass is 9.78. The topological polar surface area (TPSA) is 78.4 Å². The molecule has 1 aromatic rings. The van der Waals surface area contributed by atoms with Gasteiger partial charge in [-0.25, -0.2) is 9.97 Å². The molecule has 2 amide bonds. The summed E-state index contributed by atoms with van der Waals surface area (Å²) in [6.45, 7) is 6.43. The Bertz CT molecular complexity index is 615. The fraction of sp³-hybridized carbons (Fsp3) is 0.647. The van der Waals surface area contributed by atoms with Gasteiger partial charge in [0, 0.05) is 63.7 Å². The molecule has 1 saturated heterocycles. The minimum Gasteiger partial charge on any atom is -0.355 e. The van der Waals surface area contributed by atoms with Gasteiger partial charge in [0.2, 0.25) is 11.8 Å². The van der Waals surface area contributed by atoms with Crippen LogP contribution in [-0.4, -0.2) is 58.9 Å². The molecular formula is C17H25N5O2.